The van der Waals surface area contributed by atoms with E-state index in [4.69, 9.17) is 5.11 Å². The molecule has 0 saturated heterocycles. The normalized spacial score (nSPS) is 7.27. The number of carboxylic acid groups (broad SMARTS) is 1. The Morgan fingerprint density at radius 1 is 1.36 bits per heavy atom. The molecule has 0 spiro atoms. The first-order valence-corrected chi connectivity index (χ1v) is 2.44. The van der Waals surface area contributed by atoms with E-state index in [1.54, 1.807) is 0 Å². The molecule has 11 heavy (non-hydrogen) atoms. The Kier molecular flexibility index (Phi) is 9.37. The monoisotopic (exact) mass is 171 g/mol. The van der Waals surface area contributed by atoms with Crippen LogP contribution in [0, 0.1) is 0 Å². The second-order valence-corrected chi connectivity index (χ2v) is 1.54. The van der Waals surface area contributed by atoms with Gasteiger partial charge in [-0.05, 0) is 12.1 Å². The smallest absolute Gasteiger partial charge is 1.00 e. The molecule has 0 bridgehead atoms. The summed E-state index contributed by atoms with van der Waals surface area (Å²) in [5.41, 5.74) is 0.269. The van der Waals surface area contributed by atoms with Crippen molar-refractivity contribution < 1.29 is 71.9 Å². The summed E-state index contributed by atoms with van der Waals surface area (Å²) >= 11 is 0. The van der Waals surface area contributed by atoms with Gasteiger partial charge in [-0.1, -0.05) is 0 Å². The average molecular weight is 171 g/mol. The molecule has 0 aliphatic heterocycles. The van der Waals surface area contributed by atoms with Crippen LogP contribution in [-0.4, -0.2) is 16.1 Å². The van der Waals surface area contributed by atoms with Gasteiger partial charge < -0.3 is 7.96 Å². The van der Waals surface area contributed by atoms with Gasteiger partial charge in [-0.2, -0.15) is 0 Å². The van der Waals surface area contributed by atoms with E-state index in [2.05, 4.69) is 4.98 Å². The maximum absolute atomic E-state index is 10.2. The fourth-order valence-corrected chi connectivity index (χ4v) is 0.494. The molecule has 1 aromatic rings. The van der Waals surface area contributed by atoms with E-state index in [0.29, 0.717) is 0 Å². The maximum atomic E-state index is 10.2. The molecular formula is C6H7NNa2O2. The molecule has 1 aromatic heterocycles. The zero-order valence-corrected chi connectivity index (χ0v) is 10.6. The minimum Gasteiger partial charge on any atom is -1.00 e. The first-order chi connectivity index (χ1) is 4.30. The van der Waals surface area contributed by atoms with Gasteiger partial charge in [0, 0.05) is 12.4 Å². The molecule has 1 heterocycles. The van der Waals surface area contributed by atoms with Gasteiger partial charge in [0.25, 0.3) is 0 Å². The summed E-state index contributed by atoms with van der Waals surface area (Å²) in [6.45, 7) is 0. The third-order valence-corrected chi connectivity index (χ3v) is 0.927. The molecule has 0 aliphatic rings. The predicted molar refractivity (Wildman–Crippen MR) is 33.4 cm³/mol. The fourth-order valence-electron chi connectivity index (χ4n) is 0.494. The molecule has 0 fully saturated rings. The molecule has 1 rings (SSSR count). The molecule has 0 atom stereocenters. The van der Waals surface area contributed by atoms with Crippen LogP contribution < -0.4 is 59.1 Å². The Hall–Kier alpha value is 0.620. The second-order valence-electron chi connectivity index (χ2n) is 1.54. The maximum Gasteiger partial charge on any atom is 1.00 e. The van der Waals surface area contributed by atoms with E-state index in [-0.39, 0.29) is 67.5 Å². The first-order valence-electron chi connectivity index (χ1n) is 2.44. The first kappa shape index (κ1) is 14.2. The van der Waals surface area contributed by atoms with E-state index >= 15 is 0 Å². The molecule has 0 unspecified atom stereocenters. The summed E-state index contributed by atoms with van der Waals surface area (Å²) in [6, 6.07) is 2.89. The van der Waals surface area contributed by atoms with Crippen LogP contribution in [0.3, 0.4) is 0 Å². The molecule has 0 aromatic carbocycles. The summed E-state index contributed by atoms with van der Waals surface area (Å²) in [5, 5.41) is 8.36. The van der Waals surface area contributed by atoms with Gasteiger partial charge in [0.1, 0.15) is 0 Å². The molecule has 5 heteroatoms. The number of aromatic nitrogens is 1. The Labute approximate surface area is 112 Å². The van der Waals surface area contributed by atoms with E-state index in [0.717, 1.165) is 0 Å². The minimum absolute atomic E-state index is 0. The van der Waals surface area contributed by atoms with Crippen LogP contribution in [0.25, 0.3) is 0 Å². The summed E-state index contributed by atoms with van der Waals surface area (Å²) in [7, 11) is 0. The van der Waals surface area contributed by atoms with Crippen molar-refractivity contribution >= 4 is 5.97 Å². The molecule has 0 aliphatic carbocycles. The van der Waals surface area contributed by atoms with Gasteiger partial charge in [0.2, 0.25) is 0 Å². The van der Waals surface area contributed by atoms with Crippen LogP contribution in [0.1, 0.15) is 13.2 Å². The zero-order valence-electron chi connectivity index (χ0n) is 8.61. The van der Waals surface area contributed by atoms with E-state index in [1.165, 1.54) is 24.5 Å². The van der Waals surface area contributed by atoms with Crippen molar-refractivity contribution in [2.75, 3.05) is 0 Å². The molecule has 1 N–H and O–H groups in total. The van der Waals surface area contributed by atoms with Crippen LogP contribution in [0.2, 0.25) is 0 Å². The van der Waals surface area contributed by atoms with Crippen molar-refractivity contribution in [3.05, 3.63) is 30.1 Å². The summed E-state index contributed by atoms with van der Waals surface area (Å²) in [4.78, 5) is 13.8. The SMILES string of the molecule is O=C(O)c1ccncc1.[H-].[H-].[Na+].[Na+]. The molecule has 0 radical (unpaired) electrons. The van der Waals surface area contributed by atoms with Crippen molar-refractivity contribution in [1.82, 2.24) is 4.98 Å². The van der Waals surface area contributed by atoms with E-state index < -0.39 is 5.97 Å². The third kappa shape index (κ3) is 4.95. The summed E-state index contributed by atoms with van der Waals surface area (Å²) < 4.78 is 0. The molecular weight excluding hydrogens is 164 g/mol. The topological polar surface area (TPSA) is 50.2 Å². The Morgan fingerprint density at radius 2 is 1.82 bits per heavy atom. The van der Waals surface area contributed by atoms with Gasteiger partial charge >= 0.3 is 65.1 Å². The number of nitrogens with zero attached hydrogens (tertiary/aromatic N) is 1. The minimum atomic E-state index is -0.919. The van der Waals surface area contributed by atoms with Crippen LogP contribution in [0.15, 0.2) is 24.5 Å². The van der Waals surface area contributed by atoms with Crippen molar-refractivity contribution in [2.24, 2.45) is 0 Å². The summed E-state index contributed by atoms with van der Waals surface area (Å²) in [5.74, 6) is -0.919. The molecule has 0 amide bonds. The standard InChI is InChI=1S/C6H5NO2.2Na.2H/c8-6(9)5-1-3-7-4-2-5;;;;/h1-4H,(H,8,9);;;;/q;2*+1;2*-1. The van der Waals surface area contributed by atoms with E-state index in [9.17, 15) is 4.79 Å². The van der Waals surface area contributed by atoms with Crippen molar-refractivity contribution in [3.63, 3.8) is 0 Å². The fraction of sp³-hybridized carbons (Fsp3) is 0. The van der Waals surface area contributed by atoms with Crippen LogP contribution in [0.5, 0.6) is 0 Å². The average Bonchev–Trinajstić information content (AvgIpc) is 1.90. The molecule has 50 valence electrons. The summed E-state index contributed by atoms with van der Waals surface area (Å²) in [6.07, 6.45) is 2.90. The van der Waals surface area contributed by atoms with Crippen molar-refractivity contribution in [2.45, 2.75) is 0 Å². The quantitative estimate of drug-likeness (QED) is 0.430. The number of hydrogen-bond acceptors (Lipinski definition) is 2. The third-order valence-electron chi connectivity index (χ3n) is 0.927. The van der Waals surface area contributed by atoms with Crippen molar-refractivity contribution in [1.29, 1.82) is 0 Å². The largest absolute Gasteiger partial charge is 1.00 e. The van der Waals surface area contributed by atoms with Gasteiger partial charge in [-0.15, -0.1) is 0 Å². The van der Waals surface area contributed by atoms with Crippen LogP contribution in [-0.2, 0) is 0 Å². The Morgan fingerprint density at radius 3 is 2.09 bits per heavy atom. The van der Waals surface area contributed by atoms with Gasteiger partial charge in [0.15, 0.2) is 0 Å². The number of carboxylic acids is 1. The number of aromatic carboxylic acids is 1. The number of carbonyl (C=O) groups is 1. The van der Waals surface area contributed by atoms with Gasteiger partial charge in [-0.25, -0.2) is 4.79 Å². The van der Waals surface area contributed by atoms with Gasteiger partial charge in [-0.3, -0.25) is 4.98 Å². The second kappa shape index (κ2) is 7.28. The van der Waals surface area contributed by atoms with Crippen LogP contribution >= 0.6 is 0 Å². The predicted octanol–water partition coefficient (Wildman–Crippen LogP) is -4.99. The van der Waals surface area contributed by atoms with Gasteiger partial charge in [0.05, 0.1) is 5.56 Å². The van der Waals surface area contributed by atoms with E-state index in [1.807, 2.05) is 0 Å². The number of pyridine rings is 1. The Bertz CT molecular complexity index is 223. The number of rotatable bonds is 1. The van der Waals surface area contributed by atoms with Crippen LogP contribution in [0.4, 0.5) is 0 Å². The molecule has 3 nitrogen and oxygen atoms in total. The zero-order chi connectivity index (χ0) is 6.69. The molecule has 0 saturated carbocycles. The van der Waals surface area contributed by atoms with Crippen molar-refractivity contribution in [3.8, 4) is 0 Å². The Balaban J connectivity index is -0.000000101. The number of hydrogen-bond donors (Lipinski definition) is 1.